The number of benzene rings is 1. The minimum Gasteiger partial charge on any atom is -0.353 e. The lowest BCUT2D eigenvalue weighted by Crippen LogP contribution is -2.43. The Labute approximate surface area is 191 Å². The van der Waals surface area contributed by atoms with Gasteiger partial charge < -0.3 is 9.88 Å². The predicted octanol–water partition coefficient (Wildman–Crippen LogP) is 3.62. The van der Waals surface area contributed by atoms with Crippen molar-refractivity contribution in [1.82, 2.24) is 19.2 Å². The topological polar surface area (TPSA) is 84.3 Å². The minimum atomic E-state index is -3.49. The molecule has 1 aliphatic carbocycles. The van der Waals surface area contributed by atoms with Crippen LogP contribution in [-0.4, -0.2) is 47.3 Å². The van der Waals surface area contributed by atoms with Crippen LogP contribution in [0.25, 0.3) is 11.0 Å². The first kappa shape index (κ1) is 23.2. The molecule has 1 saturated carbocycles. The Bertz CT molecular complexity index is 1070. The highest BCUT2D eigenvalue weighted by Gasteiger charge is 2.29. The Balaban J connectivity index is 1.44. The fraction of sp³-hybridized carbons (Fsp3) is 0.667. The second-order valence-corrected chi connectivity index (χ2v) is 11.6. The van der Waals surface area contributed by atoms with Gasteiger partial charge in [-0.1, -0.05) is 33.1 Å². The van der Waals surface area contributed by atoms with Crippen molar-refractivity contribution >= 4 is 27.0 Å². The Hall–Kier alpha value is -1.93. The molecule has 1 aromatic carbocycles. The van der Waals surface area contributed by atoms with Crippen LogP contribution in [0.5, 0.6) is 0 Å². The maximum Gasteiger partial charge on any atom is 0.243 e. The second-order valence-electron chi connectivity index (χ2n) is 9.64. The summed E-state index contributed by atoms with van der Waals surface area (Å²) in [6.45, 7) is 5.67. The summed E-state index contributed by atoms with van der Waals surface area (Å²) in [5.41, 5.74) is 1.54. The molecule has 1 N–H and O–H groups in total. The number of piperidine rings is 1. The van der Waals surface area contributed by atoms with Crippen molar-refractivity contribution in [3.05, 3.63) is 24.0 Å². The summed E-state index contributed by atoms with van der Waals surface area (Å²) in [4.78, 5) is 17.6. The maximum atomic E-state index is 13.0. The molecular formula is C24H36N4O3S. The van der Waals surface area contributed by atoms with Crippen molar-refractivity contribution in [2.24, 2.45) is 18.9 Å². The van der Waals surface area contributed by atoms with Gasteiger partial charge in [0.1, 0.15) is 5.82 Å². The van der Waals surface area contributed by atoms with Gasteiger partial charge in [-0.05, 0) is 49.3 Å². The summed E-state index contributed by atoms with van der Waals surface area (Å²) in [7, 11) is -1.57. The van der Waals surface area contributed by atoms with Gasteiger partial charge in [0.15, 0.2) is 0 Å². The average molecular weight is 461 g/mol. The first-order chi connectivity index (χ1) is 15.3. The quantitative estimate of drug-likeness (QED) is 0.714. The van der Waals surface area contributed by atoms with Gasteiger partial charge in [0.2, 0.25) is 15.9 Å². The van der Waals surface area contributed by atoms with E-state index in [1.54, 1.807) is 16.4 Å². The van der Waals surface area contributed by atoms with E-state index in [-0.39, 0.29) is 11.9 Å². The number of rotatable bonds is 6. The van der Waals surface area contributed by atoms with E-state index < -0.39 is 10.0 Å². The molecule has 1 saturated heterocycles. The van der Waals surface area contributed by atoms with Crippen LogP contribution in [0.3, 0.4) is 0 Å². The Morgan fingerprint density at radius 2 is 1.88 bits per heavy atom. The first-order valence-electron chi connectivity index (χ1n) is 12.0. The molecule has 0 spiro atoms. The lowest BCUT2D eigenvalue weighted by molar-refractivity contribution is -0.122. The molecule has 2 aliphatic rings. The molecule has 2 fully saturated rings. The average Bonchev–Trinajstić information content (AvgIpc) is 3.11. The third kappa shape index (κ3) is 4.71. The highest BCUT2D eigenvalue weighted by Crippen LogP contribution is 2.29. The third-order valence-corrected chi connectivity index (χ3v) is 9.42. The Morgan fingerprint density at radius 3 is 2.62 bits per heavy atom. The highest BCUT2D eigenvalue weighted by molar-refractivity contribution is 7.89. The molecule has 3 unspecified atom stereocenters. The van der Waals surface area contributed by atoms with Crippen molar-refractivity contribution in [1.29, 1.82) is 0 Å². The van der Waals surface area contributed by atoms with Crippen LogP contribution in [0.15, 0.2) is 23.1 Å². The van der Waals surface area contributed by atoms with Crippen molar-refractivity contribution in [3.8, 4) is 0 Å². The Kier molecular flexibility index (Phi) is 6.91. The van der Waals surface area contributed by atoms with Crippen molar-refractivity contribution in [2.45, 2.75) is 76.2 Å². The number of nitrogens with zero attached hydrogens (tertiary/aromatic N) is 3. The number of sulfonamides is 1. The highest BCUT2D eigenvalue weighted by atomic mass is 32.2. The normalized spacial score (nSPS) is 25.2. The van der Waals surface area contributed by atoms with Gasteiger partial charge in [-0.3, -0.25) is 4.79 Å². The van der Waals surface area contributed by atoms with Crippen LogP contribution < -0.4 is 5.32 Å². The zero-order valence-corrected chi connectivity index (χ0v) is 20.3. The molecule has 3 atom stereocenters. The van der Waals surface area contributed by atoms with Crippen LogP contribution in [-0.2, 0) is 28.3 Å². The number of hydrogen-bond acceptors (Lipinski definition) is 4. The molecule has 7 nitrogen and oxygen atoms in total. The lowest BCUT2D eigenvalue weighted by atomic mass is 9.78. The van der Waals surface area contributed by atoms with E-state index in [0.29, 0.717) is 48.2 Å². The number of hydrogen-bond donors (Lipinski definition) is 1. The largest absolute Gasteiger partial charge is 0.353 e. The smallest absolute Gasteiger partial charge is 0.243 e. The van der Waals surface area contributed by atoms with Gasteiger partial charge in [-0.2, -0.15) is 4.31 Å². The predicted molar refractivity (Wildman–Crippen MR) is 126 cm³/mol. The second kappa shape index (κ2) is 9.51. The van der Waals surface area contributed by atoms with Crippen molar-refractivity contribution < 1.29 is 13.2 Å². The number of carbonyl (C=O) groups is 1. The fourth-order valence-electron chi connectivity index (χ4n) is 5.16. The molecular weight excluding hydrogens is 424 g/mol. The molecule has 2 heterocycles. The van der Waals surface area contributed by atoms with Gasteiger partial charge >= 0.3 is 0 Å². The number of amides is 1. The fourth-order valence-corrected chi connectivity index (χ4v) is 6.70. The van der Waals surface area contributed by atoms with E-state index in [4.69, 9.17) is 0 Å². The molecule has 1 aliphatic heterocycles. The standard InChI is InChI=1S/C24H36N4O3S/c1-17-8-7-9-20(18(17)2)26-24(29)13-12-23-25-21-16-19(10-11-22(21)27(23)3)32(30,31)28-14-5-4-6-15-28/h10-11,16-18,20H,4-9,12-15H2,1-3H3,(H,26,29). The molecule has 32 heavy (non-hydrogen) atoms. The summed E-state index contributed by atoms with van der Waals surface area (Å²) >= 11 is 0. The summed E-state index contributed by atoms with van der Waals surface area (Å²) in [6.07, 6.45) is 7.28. The Morgan fingerprint density at radius 1 is 1.12 bits per heavy atom. The number of nitrogens with one attached hydrogen (secondary N) is 1. The van der Waals surface area contributed by atoms with Crippen LogP contribution in [0.1, 0.15) is 64.6 Å². The number of fused-ring (bicyclic) bond motifs is 1. The number of imidazole rings is 1. The van der Waals surface area contributed by atoms with E-state index in [0.717, 1.165) is 37.0 Å². The van der Waals surface area contributed by atoms with Gasteiger partial charge in [-0.15, -0.1) is 0 Å². The molecule has 1 amide bonds. The van der Waals surface area contributed by atoms with Crippen LogP contribution in [0.2, 0.25) is 0 Å². The van der Waals surface area contributed by atoms with Crippen LogP contribution >= 0.6 is 0 Å². The van der Waals surface area contributed by atoms with Crippen molar-refractivity contribution in [3.63, 3.8) is 0 Å². The molecule has 0 radical (unpaired) electrons. The van der Waals surface area contributed by atoms with E-state index in [2.05, 4.69) is 24.1 Å². The monoisotopic (exact) mass is 460 g/mol. The number of aromatic nitrogens is 2. The van der Waals surface area contributed by atoms with E-state index in [1.165, 1.54) is 12.8 Å². The summed E-state index contributed by atoms with van der Waals surface area (Å²) < 4.78 is 29.6. The molecule has 2 aromatic rings. The number of aryl methyl sites for hydroxylation is 2. The molecule has 8 heteroatoms. The number of carbonyl (C=O) groups excluding carboxylic acids is 1. The lowest BCUT2D eigenvalue weighted by Gasteiger charge is -2.34. The zero-order chi connectivity index (χ0) is 22.9. The van der Waals surface area contributed by atoms with Gasteiger partial charge in [0, 0.05) is 39.0 Å². The van der Waals surface area contributed by atoms with E-state index >= 15 is 0 Å². The molecule has 0 bridgehead atoms. The van der Waals surface area contributed by atoms with Crippen LogP contribution in [0.4, 0.5) is 0 Å². The molecule has 1 aromatic heterocycles. The molecule has 4 rings (SSSR count). The zero-order valence-electron chi connectivity index (χ0n) is 19.5. The van der Waals surface area contributed by atoms with E-state index in [9.17, 15) is 13.2 Å². The first-order valence-corrected chi connectivity index (χ1v) is 13.5. The SMILES string of the molecule is CC1CCCC(NC(=O)CCc2nc3cc(S(=O)(=O)N4CCCCC4)ccc3n2C)C1C. The third-order valence-electron chi connectivity index (χ3n) is 7.53. The summed E-state index contributed by atoms with van der Waals surface area (Å²) in [5, 5.41) is 3.23. The maximum absolute atomic E-state index is 13.0. The van der Waals surface area contributed by atoms with Gasteiger partial charge in [0.05, 0.1) is 15.9 Å². The van der Waals surface area contributed by atoms with E-state index in [1.807, 2.05) is 17.7 Å². The van der Waals surface area contributed by atoms with Gasteiger partial charge in [0.25, 0.3) is 0 Å². The molecule has 176 valence electrons. The summed E-state index contributed by atoms with van der Waals surface area (Å²) in [5.74, 6) is 2.01. The van der Waals surface area contributed by atoms with Crippen LogP contribution in [0, 0.1) is 11.8 Å². The van der Waals surface area contributed by atoms with Gasteiger partial charge in [-0.25, -0.2) is 13.4 Å². The minimum absolute atomic E-state index is 0.0661. The van der Waals surface area contributed by atoms with Crippen molar-refractivity contribution in [2.75, 3.05) is 13.1 Å². The summed E-state index contributed by atoms with van der Waals surface area (Å²) in [6, 6.07) is 5.44.